The average Bonchev–Trinajstić information content (AvgIpc) is 3.15. The summed E-state index contributed by atoms with van der Waals surface area (Å²) in [7, 11) is 0. The van der Waals surface area contributed by atoms with Crippen LogP contribution in [-0.4, -0.2) is 33.4 Å². The number of carbonyl (C=O) groups excluding carboxylic acids is 1. The van der Waals surface area contributed by atoms with Gasteiger partial charge in [-0.2, -0.15) is 5.10 Å². The van der Waals surface area contributed by atoms with Crippen molar-refractivity contribution in [2.75, 3.05) is 6.61 Å². The Morgan fingerprint density at radius 3 is 2.82 bits per heavy atom. The number of amides is 1. The molecule has 0 atom stereocenters. The van der Waals surface area contributed by atoms with Gasteiger partial charge in [0.15, 0.2) is 11.5 Å². The summed E-state index contributed by atoms with van der Waals surface area (Å²) in [5.41, 5.74) is 4.56. The zero-order chi connectivity index (χ0) is 23.4. The highest BCUT2D eigenvalue weighted by molar-refractivity contribution is 7.19. The number of hydrogen-bond donors (Lipinski definition) is 2. The molecule has 2 aromatic carbocycles. The molecule has 0 aliphatic heterocycles. The van der Waals surface area contributed by atoms with E-state index >= 15 is 0 Å². The number of phenols is 1. The van der Waals surface area contributed by atoms with E-state index in [9.17, 15) is 14.7 Å². The molecular formula is C24H22N4O4S. The van der Waals surface area contributed by atoms with Gasteiger partial charge in [-0.15, -0.1) is 11.3 Å². The number of aryl methyl sites for hydroxylation is 1. The quantitative estimate of drug-likeness (QED) is 0.322. The Morgan fingerprint density at radius 1 is 1.27 bits per heavy atom. The molecule has 4 aromatic rings. The Balaban J connectivity index is 1.53. The first-order valence-corrected chi connectivity index (χ1v) is 11.1. The molecule has 8 nitrogen and oxygen atoms in total. The number of carbonyl (C=O) groups is 1. The molecule has 168 valence electrons. The van der Waals surface area contributed by atoms with Crippen LogP contribution in [0.2, 0.25) is 0 Å². The molecule has 2 N–H and O–H groups in total. The van der Waals surface area contributed by atoms with Gasteiger partial charge in [0.1, 0.15) is 11.4 Å². The Morgan fingerprint density at radius 2 is 2.06 bits per heavy atom. The lowest BCUT2D eigenvalue weighted by Crippen LogP contribution is -2.30. The zero-order valence-corrected chi connectivity index (χ0v) is 18.9. The predicted octanol–water partition coefficient (Wildman–Crippen LogP) is 3.69. The summed E-state index contributed by atoms with van der Waals surface area (Å²) in [5, 5.41) is 14.2. The number of ether oxygens (including phenoxy) is 1. The van der Waals surface area contributed by atoms with Gasteiger partial charge in [0, 0.05) is 10.4 Å². The van der Waals surface area contributed by atoms with E-state index in [2.05, 4.69) is 15.5 Å². The molecule has 0 aliphatic carbocycles. The third-order valence-electron chi connectivity index (χ3n) is 4.92. The Kier molecular flexibility index (Phi) is 6.50. The number of aromatic hydroxyl groups is 1. The van der Waals surface area contributed by atoms with Crippen LogP contribution in [0.5, 0.6) is 11.5 Å². The fourth-order valence-electron chi connectivity index (χ4n) is 3.45. The van der Waals surface area contributed by atoms with E-state index in [-0.39, 0.29) is 17.9 Å². The molecule has 0 fully saturated rings. The van der Waals surface area contributed by atoms with Crippen LogP contribution in [0.25, 0.3) is 21.3 Å². The minimum absolute atomic E-state index is 0.0267. The van der Waals surface area contributed by atoms with E-state index in [1.807, 2.05) is 44.2 Å². The summed E-state index contributed by atoms with van der Waals surface area (Å²) >= 11 is 1.46. The number of benzene rings is 2. The molecule has 0 spiro atoms. The maximum atomic E-state index is 13.2. The predicted molar refractivity (Wildman–Crippen MR) is 129 cm³/mol. The Bertz CT molecular complexity index is 1390. The molecule has 0 bridgehead atoms. The summed E-state index contributed by atoms with van der Waals surface area (Å²) in [6.45, 7) is 3.96. The number of aromatic nitrogens is 2. The second kappa shape index (κ2) is 9.66. The van der Waals surface area contributed by atoms with Gasteiger partial charge in [0.2, 0.25) is 0 Å². The molecule has 0 aliphatic rings. The highest BCUT2D eigenvalue weighted by Crippen LogP contribution is 2.35. The van der Waals surface area contributed by atoms with Gasteiger partial charge in [0.05, 0.1) is 24.5 Å². The lowest BCUT2D eigenvalue weighted by atomic mass is 10.0. The number of hydrazone groups is 1. The summed E-state index contributed by atoms with van der Waals surface area (Å²) in [4.78, 5) is 31.6. The van der Waals surface area contributed by atoms with Crippen LogP contribution in [-0.2, 0) is 11.3 Å². The van der Waals surface area contributed by atoms with Crippen molar-refractivity contribution in [2.24, 2.45) is 5.10 Å². The van der Waals surface area contributed by atoms with Crippen LogP contribution in [0.4, 0.5) is 0 Å². The monoisotopic (exact) mass is 462 g/mol. The minimum atomic E-state index is -0.466. The molecule has 0 unspecified atom stereocenters. The van der Waals surface area contributed by atoms with Crippen LogP contribution in [0.15, 0.2) is 64.8 Å². The molecule has 2 aromatic heterocycles. The number of fused-ring (bicyclic) bond motifs is 1. The first kappa shape index (κ1) is 22.2. The number of thiophene rings is 1. The third-order valence-corrected chi connectivity index (χ3v) is 5.93. The normalized spacial score (nSPS) is 11.2. The largest absolute Gasteiger partial charge is 0.504 e. The van der Waals surface area contributed by atoms with E-state index in [0.29, 0.717) is 28.1 Å². The van der Waals surface area contributed by atoms with Gasteiger partial charge in [-0.1, -0.05) is 30.3 Å². The van der Waals surface area contributed by atoms with Crippen LogP contribution < -0.4 is 15.7 Å². The SMILES string of the molecule is CCOc1cc(/C=N/NC(=O)Cn2cnc3sc(C)c(-c4ccccc4)c3c2=O)ccc1O. The molecule has 0 saturated carbocycles. The van der Waals surface area contributed by atoms with Crippen molar-refractivity contribution >= 4 is 33.7 Å². The summed E-state index contributed by atoms with van der Waals surface area (Å²) in [6, 6.07) is 14.4. The molecule has 0 saturated heterocycles. The summed E-state index contributed by atoms with van der Waals surface area (Å²) in [6.07, 6.45) is 2.81. The molecule has 0 radical (unpaired) electrons. The van der Waals surface area contributed by atoms with Gasteiger partial charge in [-0.3, -0.25) is 14.2 Å². The van der Waals surface area contributed by atoms with Crippen molar-refractivity contribution in [3.05, 3.63) is 75.7 Å². The van der Waals surface area contributed by atoms with E-state index < -0.39 is 5.91 Å². The topological polar surface area (TPSA) is 106 Å². The standard InChI is InChI=1S/C24H22N4O4S/c1-3-32-19-11-16(9-10-18(19)29)12-26-27-20(30)13-28-14-25-23-22(24(28)31)21(15(2)33-23)17-7-5-4-6-8-17/h4-12,14,29H,3,13H2,1-2H3,(H,27,30)/b26-12+. The molecule has 9 heteroatoms. The van der Waals surface area contributed by atoms with E-state index in [1.165, 1.54) is 34.5 Å². The molecule has 1 amide bonds. The van der Waals surface area contributed by atoms with Crippen molar-refractivity contribution in [2.45, 2.75) is 20.4 Å². The Labute approximate surface area is 193 Å². The molecule has 33 heavy (non-hydrogen) atoms. The second-order valence-electron chi connectivity index (χ2n) is 7.21. The lowest BCUT2D eigenvalue weighted by Gasteiger charge is -2.07. The third kappa shape index (κ3) is 4.78. The van der Waals surface area contributed by atoms with Crippen molar-refractivity contribution in [3.8, 4) is 22.6 Å². The van der Waals surface area contributed by atoms with Crippen LogP contribution in [0.1, 0.15) is 17.4 Å². The number of hydrogen-bond acceptors (Lipinski definition) is 7. The van der Waals surface area contributed by atoms with Gasteiger partial charge in [0.25, 0.3) is 11.5 Å². The van der Waals surface area contributed by atoms with Crippen LogP contribution in [0.3, 0.4) is 0 Å². The van der Waals surface area contributed by atoms with E-state index in [0.717, 1.165) is 16.0 Å². The zero-order valence-electron chi connectivity index (χ0n) is 18.1. The first-order chi connectivity index (χ1) is 16.0. The highest BCUT2D eigenvalue weighted by Gasteiger charge is 2.17. The second-order valence-corrected chi connectivity index (χ2v) is 8.41. The first-order valence-electron chi connectivity index (χ1n) is 10.3. The van der Waals surface area contributed by atoms with Gasteiger partial charge in [-0.05, 0) is 43.2 Å². The fraction of sp³-hybridized carbons (Fsp3) is 0.167. The molecule has 2 heterocycles. The number of phenolic OH excluding ortho intramolecular Hbond substituents is 1. The number of nitrogens with one attached hydrogen (secondary N) is 1. The highest BCUT2D eigenvalue weighted by atomic mass is 32.1. The molecular weight excluding hydrogens is 440 g/mol. The maximum absolute atomic E-state index is 13.2. The van der Waals surface area contributed by atoms with Crippen molar-refractivity contribution in [1.82, 2.24) is 15.0 Å². The Hall–Kier alpha value is -3.98. The molecule has 4 rings (SSSR count). The van der Waals surface area contributed by atoms with Crippen LogP contribution >= 0.6 is 11.3 Å². The van der Waals surface area contributed by atoms with E-state index in [4.69, 9.17) is 4.74 Å². The summed E-state index contributed by atoms with van der Waals surface area (Å²) in [5.74, 6) is -0.107. The van der Waals surface area contributed by atoms with Crippen molar-refractivity contribution in [1.29, 1.82) is 0 Å². The van der Waals surface area contributed by atoms with Crippen LogP contribution in [0, 0.1) is 6.92 Å². The van der Waals surface area contributed by atoms with Crippen molar-refractivity contribution in [3.63, 3.8) is 0 Å². The lowest BCUT2D eigenvalue weighted by molar-refractivity contribution is -0.121. The summed E-state index contributed by atoms with van der Waals surface area (Å²) < 4.78 is 6.61. The minimum Gasteiger partial charge on any atom is -0.504 e. The van der Waals surface area contributed by atoms with Gasteiger partial charge in [-0.25, -0.2) is 10.4 Å². The smallest absolute Gasteiger partial charge is 0.263 e. The maximum Gasteiger partial charge on any atom is 0.263 e. The average molecular weight is 463 g/mol. The fourth-order valence-corrected chi connectivity index (χ4v) is 4.46. The van der Waals surface area contributed by atoms with Gasteiger partial charge >= 0.3 is 0 Å². The number of nitrogens with zero attached hydrogens (tertiary/aromatic N) is 3. The van der Waals surface area contributed by atoms with Crippen molar-refractivity contribution < 1.29 is 14.6 Å². The van der Waals surface area contributed by atoms with Gasteiger partial charge < -0.3 is 9.84 Å². The van der Waals surface area contributed by atoms with E-state index in [1.54, 1.807) is 12.1 Å². The number of rotatable bonds is 7.